The van der Waals surface area contributed by atoms with E-state index in [4.69, 9.17) is 21.1 Å². The lowest BCUT2D eigenvalue weighted by Crippen LogP contribution is -2.52. The van der Waals surface area contributed by atoms with Crippen LogP contribution in [0.4, 0.5) is 28.4 Å². The van der Waals surface area contributed by atoms with Gasteiger partial charge in [-0.15, -0.1) is 11.3 Å². The molecule has 1 heterocycles. The van der Waals surface area contributed by atoms with Gasteiger partial charge in [0.2, 0.25) is 0 Å². The summed E-state index contributed by atoms with van der Waals surface area (Å²) >= 11 is 7.47. The molecule has 2 atom stereocenters. The lowest BCUT2D eigenvalue weighted by atomic mass is 9.89. The molecule has 1 amide bonds. The molecule has 9 nitrogen and oxygen atoms in total. The topological polar surface area (TPSA) is 101 Å². The van der Waals surface area contributed by atoms with E-state index in [1.165, 1.54) is 20.4 Å². The minimum Gasteiger partial charge on any atom is -0.497 e. The molecule has 1 saturated carbocycles. The number of nitrogens with zero attached hydrogens (tertiary/aromatic N) is 3. The first-order valence-electron chi connectivity index (χ1n) is 13.0. The summed E-state index contributed by atoms with van der Waals surface area (Å²) in [4.78, 5) is 15.9. The van der Waals surface area contributed by atoms with Crippen molar-refractivity contribution in [2.45, 2.75) is 55.4 Å². The van der Waals surface area contributed by atoms with Crippen molar-refractivity contribution in [1.82, 2.24) is 9.88 Å². The first-order valence-corrected chi connectivity index (χ1v) is 15.7. The van der Waals surface area contributed by atoms with Gasteiger partial charge in [-0.2, -0.15) is 13.2 Å². The van der Waals surface area contributed by atoms with E-state index in [9.17, 15) is 26.4 Å². The number of halogens is 5. The van der Waals surface area contributed by atoms with Crippen molar-refractivity contribution in [2.75, 3.05) is 30.9 Å². The lowest BCUT2D eigenvalue weighted by molar-refractivity contribution is -0.186. The van der Waals surface area contributed by atoms with Gasteiger partial charge in [0.15, 0.2) is 5.13 Å². The van der Waals surface area contributed by atoms with Crippen molar-refractivity contribution in [1.29, 1.82) is 0 Å². The number of nitrogens with one attached hydrogen (secondary N) is 1. The molecule has 2 aromatic carbocycles. The average molecular weight is 665 g/mol. The normalized spacial score (nSPS) is 17.3. The fourth-order valence-corrected chi connectivity index (χ4v) is 7.61. The SMILES string of the molecule is COc1ccc(CN(c2nccs2)S(=O)(=O)c2cc(Cl)c(N[C@H]3CCCC[C@@H]3N(C)C(=O)C(F)(F)F)cc2F)c(OC)c1. The van der Waals surface area contributed by atoms with Crippen LogP contribution in [0.5, 0.6) is 11.5 Å². The van der Waals surface area contributed by atoms with Crippen LogP contribution < -0.4 is 19.1 Å². The Labute approximate surface area is 255 Å². The maximum atomic E-state index is 15.6. The van der Waals surface area contributed by atoms with E-state index in [0.717, 1.165) is 34.8 Å². The number of methoxy groups -OCH3 is 2. The van der Waals surface area contributed by atoms with E-state index >= 15 is 4.39 Å². The van der Waals surface area contributed by atoms with Gasteiger partial charge >= 0.3 is 12.1 Å². The van der Waals surface area contributed by atoms with E-state index in [1.54, 1.807) is 23.6 Å². The first-order chi connectivity index (χ1) is 20.3. The highest BCUT2D eigenvalue weighted by Gasteiger charge is 2.45. The molecule has 0 radical (unpaired) electrons. The molecular formula is C27H29ClF4N4O5S2. The molecule has 16 heteroatoms. The monoisotopic (exact) mass is 664 g/mol. The Balaban J connectivity index is 1.66. The highest BCUT2D eigenvalue weighted by atomic mass is 35.5. The summed E-state index contributed by atoms with van der Waals surface area (Å²) < 4.78 is 94.3. The Morgan fingerprint density at radius 1 is 1.16 bits per heavy atom. The Kier molecular flexibility index (Phi) is 9.96. The average Bonchev–Trinajstić information content (AvgIpc) is 3.51. The van der Waals surface area contributed by atoms with E-state index in [2.05, 4.69) is 10.3 Å². The van der Waals surface area contributed by atoms with Gasteiger partial charge in [-0.05, 0) is 37.1 Å². The van der Waals surface area contributed by atoms with Crippen LogP contribution in [-0.4, -0.2) is 63.7 Å². The summed E-state index contributed by atoms with van der Waals surface area (Å²) in [7, 11) is -0.627. The van der Waals surface area contributed by atoms with Crippen molar-refractivity contribution in [3.05, 3.63) is 58.3 Å². The molecule has 1 aliphatic carbocycles. The van der Waals surface area contributed by atoms with Gasteiger partial charge in [-0.3, -0.25) is 4.79 Å². The van der Waals surface area contributed by atoms with E-state index in [0.29, 0.717) is 47.6 Å². The van der Waals surface area contributed by atoms with Gasteiger partial charge in [0.25, 0.3) is 10.0 Å². The molecule has 3 aromatic rings. The minimum atomic E-state index is -5.05. The second-order valence-corrected chi connectivity index (χ2v) is 12.9. The molecule has 0 aliphatic heterocycles. The van der Waals surface area contributed by atoms with Crippen molar-refractivity contribution < 1.29 is 40.2 Å². The predicted molar refractivity (Wildman–Crippen MR) is 155 cm³/mol. The number of hydrogen-bond donors (Lipinski definition) is 1. The van der Waals surface area contributed by atoms with Gasteiger partial charge in [0, 0.05) is 36.3 Å². The van der Waals surface area contributed by atoms with Crippen molar-refractivity contribution in [3.63, 3.8) is 0 Å². The summed E-state index contributed by atoms with van der Waals surface area (Å²) in [5, 5.41) is 4.41. The molecule has 0 saturated heterocycles. The number of benzene rings is 2. The molecular weight excluding hydrogens is 636 g/mol. The number of anilines is 2. The van der Waals surface area contributed by atoms with Gasteiger partial charge in [0.1, 0.15) is 22.2 Å². The zero-order valence-electron chi connectivity index (χ0n) is 23.3. The van der Waals surface area contributed by atoms with Gasteiger partial charge in [0.05, 0.1) is 37.5 Å². The highest BCUT2D eigenvalue weighted by molar-refractivity contribution is 7.93. The highest BCUT2D eigenvalue weighted by Crippen LogP contribution is 2.37. The van der Waals surface area contributed by atoms with E-state index < -0.39 is 44.9 Å². The number of sulfonamides is 1. The Morgan fingerprint density at radius 2 is 1.88 bits per heavy atom. The van der Waals surface area contributed by atoms with Crippen molar-refractivity contribution in [3.8, 4) is 11.5 Å². The van der Waals surface area contributed by atoms with E-state index in [1.807, 2.05) is 0 Å². The number of thiazole rings is 1. The number of likely N-dealkylation sites (N-methyl/N-ethyl adjacent to an activating group) is 1. The van der Waals surface area contributed by atoms with Crippen LogP contribution in [-0.2, 0) is 21.4 Å². The summed E-state index contributed by atoms with van der Waals surface area (Å²) in [6, 6.07) is 5.14. The summed E-state index contributed by atoms with van der Waals surface area (Å²) in [5.41, 5.74) is 0.438. The second kappa shape index (κ2) is 13.1. The number of aromatic nitrogens is 1. The number of carbonyl (C=O) groups is 1. The molecule has 0 unspecified atom stereocenters. The summed E-state index contributed by atoms with van der Waals surface area (Å²) in [6.07, 6.45) is -1.70. The Morgan fingerprint density at radius 3 is 2.51 bits per heavy atom. The fraction of sp³-hybridized carbons (Fsp3) is 0.407. The third kappa shape index (κ3) is 7.10. The number of ether oxygens (including phenoxy) is 2. The second-order valence-electron chi connectivity index (χ2n) is 9.78. The van der Waals surface area contributed by atoms with Gasteiger partial charge in [-0.25, -0.2) is 22.1 Å². The third-order valence-electron chi connectivity index (χ3n) is 7.16. The van der Waals surface area contributed by atoms with Gasteiger partial charge < -0.3 is 19.7 Å². The molecule has 0 bridgehead atoms. The zero-order valence-corrected chi connectivity index (χ0v) is 25.7. The Hall–Kier alpha value is -3.30. The largest absolute Gasteiger partial charge is 0.497 e. The van der Waals surface area contributed by atoms with Crippen LogP contribution in [0.15, 0.2) is 46.8 Å². The van der Waals surface area contributed by atoms with E-state index in [-0.39, 0.29) is 22.4 Å². The predicted octanol–water partition coefficient (Wildman–Crippen LogP) is 6.09. The molecule has 0 spiro atoms. The maximum Gasteiger partial charge on any atom is 0.471 e. The van der Waals surface area contributed by atoms with Crippen LogP contribution in [0.3, 0.4) is 0 Å². The number of amides is 1. The Bertz CT molecular complexity index is 1560. The molecule has 234 valence electrons. The maximum absolute atomic E-state index is 15.6. The van der Waals surface area contributed by atoms with Crippen LogP contribution in [0.2, 0.25) is 5.02 Å². The number of alkyl halides is 3. The van der Waals surface area contributed by atoms with Gasteiger partial charge in [-0.1, -0.05) is 24.4 Å². The number of carbonyl (C=O) groups excluding carboxylic acids is 1. The fourth-order valence-electron chi connectivity index (χ4n) is 4.98. The molecule has 1 aromatic heterocycles. The third-order valence-corrected chi connectivity index (χ3v) is 10.1. The van der Waals surface area contributed by atoms with Crippen LogP contribution in [0.25, 0.3) is 0 Å². The molecule has 1 aliphatic rings. The summed E-state index contributed by atoms with van der Waals surface area (Å²) in [5.74, 6) is -2.30. The van der Waals surface area contributed by atoms with Crippen LogP contribution in [0.1, 0.15) is 31.2 Å². The van der Waals surface area contributed by atoms with Crippen molar-refractivity contribution >= 4 is 49.7 Å². The van der Waals surface area contributed by atoms with Crippen LogP contribution >= 0.6 is 22.9 Å². The van der Waals surface area contributed by atoms with Crippen molar-refractivity contribution in [2.24, 2.45) is 0 Å². The molecule has 1 fully saturated rings. The summed E-state index contributed by atoms with van der Waals surface area (Å²) in [6.45, 7) is -0.261. The molecule has 1 N–H and O–H groups in total. The van der Waals surface area contributed by atoms with Crippen LogP contribution in [0, 0.1) is 5.82 Å². The first kappa shape index (κ1) is 32.6. The molecule has 4 rings (SSSR count). The number of rotatable bonds is 10. The smallest absolute Gasteiger partial charge is 0.471 e. The standard InChI is InChI=1S/C27H29ClF4N4O5S2/c1-35(25(37)27(30,31)32)22-7-5-4-6-20(22)34-21-14-19(29)24(13-18(21)28)43(38,39)36(26-33-10-11-42-26)15-16-8-9-17(40-2)12-23(16)41-3/h8-14,20,22,34H,4-7,15H2,1-3H3/t20-,22-/m0/s1. The number of hydrogen-bond acceptors (Lipinski definition) is 8. The molecule has 43 heavy (non-hydrogen) atoms. The zero-order chi connectivity index (χ0) is 31.5. The lowest BCUT2D eigenvalue weighted by Gasteiger charge is -2.39. The quantitative estimate of drug-likeness (QED) is 0.262. The minimum absolute atomic E-state index is 0.0134.